The average Bonchev–Trinajstić information content (AvgIpc) is 2.92. The Morgan fingerprint density at radius 2 is 1.69 bits per heavy atom. The van der Waals surface area contributed by atoms with Crippen molar-refractivity contribution in [3.8, 4) is 5.75 Å². The molecular formula is C26H25N5O4S. The largest absolute Gasteiger partial charge is 0.494 e. The van der Waals surface area contributed by atoms with Gasteiger partial charge in [0, 0.05) is 61.3 Å². The molecule has 0 bridgehead atoms. The molecule has 0 aliphatic carbocycles. The Hall–Kier alpha value is -4.18. The second-order valence-corrected chi connectivity index (χ2v) is 9.99. The van der Waals surface area contributed by atoms with E-state index in [-0.39, 0.29) is 10.8 Å². The Morgan fingerprint density at radius 1 is 0.944 bits per heavy atom. The lowest BCUT2D eigenvalue weighted by molar-refractivity contribution is 0.0746. The first-order chi connectivity index (χ1) is 17.5. The number of ether oxygens (including phenoxy) is 1. The molecule has 1 saturated heterocycles. The molecular weight excluding hydrogens is 478 g/mol. The number of hydrogen-bond acceptors (Lipinski definition) is 7. The van der Waals surface area contributed by atoms with Crippen LogP contribution in [0.1, 0.15) is 10.4 Å². The molecule has 0 saturated carbocycles. The quantitative estimate of drug-likeness (QED) is 0.430. The van der Waals surface area contributed by atoms with E-state index in [1.54, 1.807) is 67.0 Å². The number of anilines is 2. The number of aromatic nitrogens is 2. The van der Waals surface area contributed by atoms with E-state index in [4.69, 9.17) is 4.74 Å². The van der Waals surface area contributed by atoms with Crippen molar-refractivity contribution in [2.45, 2.75) is 4.90 Å². The van der Waals surface area contributed by atoms with Gasteiger partial charge in [-0.15, -0.1) is 0 Å². The maximum absolute atomic E-state index is 13.1. The summed E-state index contributed by atoms with van der Waals surface area (Å²) in [5.41, 5.74) is 2.18. The highest BCUT2D eigenvalue weighted by molar-refractivity contribution is 7.93. The van der Waals surface area contributed by atoms with Gasteiger partial charge in [-0.2, -0.15) is 0 Å². The molecule has 5 rings (SSSR count). The summed E-state index contributed by atoms with van der Waals surface area (Å²) in [6.45, 7) is 2.42. The fraction of sp³-hybridized carbons (Fsp3) is 0.192. The van der Waals surface area contributed by atoms with Gasteiger partial charge in [-0.1, -0.05) is 18.2 Å². The third-order valence-corrected chi connectivity index (χ3v) is 7.57. The van der Waals surface area contributed by atoms with E-state index in [2.05, 4.69) is 19.6 Å². The number of amides is 1. The first kappa shape index (κ1) is 23.6. The molecule has 10 heteroatoms. The van der Waals surface area contributed by atoms with Gasteiger partial charge >= 0.3 is 0 Å². The molecule has 1 aliphatic rings. The molecule has 9 nitrogen and oxygen atoms in total. The zero-order valence-corrected chi connectivity index (χ0v) is 20.5. The summed E-state index contributed by atoms with van der Waals surface area (Å²) in [6.07, 6.45) is 5.02. The highest BCUT2D eigenvalue weighted by atomic mass is 32.2. The first-order valence-electron chi connectivity index (χ1n) is 11.4. The maximum Gasteiger partial charge on any atom is 0.264 e. The third-order valence-electron chi connectivity index (χ3n) is 6.16. The van der Waals surface area contributed by atoms with Crippen LogP contribution >= 0.6 is 0 Å². The van der Waals surface area contributed by atoms with E-state index in [1.807, 2.05) is 18.2 Å². The number of nitrogens with one attached hydrogen (secondary N) is 1. The number of pyridine rings is 2. The number of para-hydroxylation sites is 1. The molecule has 36 heavy (non-hydrogen) atoms. The van der Waals surface area contributed by atoms with Crippen molar-refractivity contribution in [2.75, 3.05) is 42.9 Å². The molecule has 1 amide bonds. The second-order valence-electron chi connectivity index (χ2n) is 8.34. The Balaban J connectivity index is 1.25. The van der Waals surface area contributed by atoms with E-state index in [9.17, 15) is 13.2 Å². The average molecular weight is 504 g/mol. The lowest BCUT2D eigenvalue weighted by atomic mass is 10.1. The number of rotatable bonds is 6. The van der Waals surface area contributed by atoms with E-state index in [0.29, 0.717) is 42.9 Å². The van der Waals surface area contributed by atoms with Crippen LogP contribution < -0.4 is 14.4 Å². The second kappa shape index (κ2) is 9.82. The van der Waals surface area contributed by atoms with Gasteiger partial charge in [0.25, 0.3) is 15.9 Å². The molecule has 0 unspecified atom stereocenters. The number of hydrogen-bond donors (Lipinski definition) is 1. The molecule has 184 valence electrons. The Kier molecular flexibility index (Phi) is 6.43. The van der Waals surface area contributed by atoms with Gasteiger partial charge in [-0.3, -0.25) is 19.5 Å². The minimum Gasteiger partial charge on any atom is -0.494 e. The molecule has 2 aromatic heterocycles. The van der Waals surface area contributed by atoms with E-state index in [0.717, 1.165) is 16.8 Å². The molecule has 1 N–H and O–H groups in total. The van der Waals surface area contributed by atoms with Crippen molar-refractivity contribution in [1.29, 1.82) is 0 Å². The van der Waals surface area contributed by atoms with Gasteiger partial charge in [-0.05, 0) is 36.4 Å². The predicted octanol–water partition coefficient (Wildman–Crippen LogP) is 3.40. The highest BCUT2D eigenvalue weighted by Gasteiger charge is 2.24. The van der Waals surface area contributed by atoms with Crippen LogP contribution in [0.15, 0.2) is 84.1 Å². The van der Waals surface area contributed by atoms with Gasteiger partial charge in [0.15, 0.2) is 0 Å². The van der Waals surface area contributed by atoms with Crippen LogP contribution in [0.4, 0.5) is 11.4 Å². The highest BCUT2D eigenvalue weighted by Crippen LogP contribution is 2.28. The van der Waals surface area contributed by atoms with Crippen LogP contribution in [-0.2, 0) is 10.0 Å². The summed E-state index contributed by atoms with van der Waals surface area (Å²) in [7, 11) is -2.23. The summed E-state index contributed by atoms with van der Waals surface area (Å²) < 4.78 is 34.1. The van der Waals surface area contributed by atoms with Crippen LogP contribution in [0.5, 0.6) is 5.75 Å². The lowest BCUT2D eigenvalue weighted by Crippen LogP contribution is -2.48. The molecule has 0 atom stereocenters. The number of piperazine rings is 1. The summed E-state index contributed by atoms with van der Waals surface area (Å²) in [6, 6.07) is 16.9. The topological polar surface area (TPSA) is 105 Å². The lowest BCUT2D eigenvalue weighted by Gasteiger charge is -2.36. The minimum atomic E-state index is -3.86. The van der Waals surface area contributed by atoms with Gasteiger partial charge in [-0.25, -0.2) is 8.42 Å². The third kappa shape index (κ3) is 4.67. The zero-order chi connectivity index (χ0) is 25.1. The number of carbonyl (C=O) groups is 1. The summed E-state index contributed by atoms with van der Waals surface area (Å²) in [4.78, 5) is 25.5. The molecule has 0 radical (unpaired) electrons. The normalized spacial score (nSPS) is 14.0. The molecule has 1 fully saturated rings. The van der Waals surface area contributed by atoms with Crippen molar-refractivity contribution < 1.29 is 17.9 Å². The van der Waals surface area contributed by atoms with Crippen molar-refractivity contribution in [3.05, 3.63) is 84.8 Å². The number of sulfonamides is 1. The van der Waals surface area contributed by atoms with Gasteiger partial charge in [0.05, 0.1) is 24.5 Å². The first-order valence-corrected chi connectivity index (χ1v) is 12.9. The minimum absolute atomic E-state index is 0.0968. The van der Waals surface area contributed by atoms with Crippen LogP contribution in [-0.4, -0.2) is 62.5 Å². The van der Waals surface area contributed by atoms with Gasteiger partial charge in [0.2, 0.25) is 0 Å². The van der Waals surface area contributed by atoms with Crippen molar-refractivity contribution in [2.24, 2.45) is 0 Å². The van der Waals surface area contributed by atoms with E-state index in [1.165, 1.54) is 6.07 Å². The SMILES string of the molecule is COc1ccncc1N1CCN(C(=O)c2ccc(NS(=O)(=O)c3cccc4cccnc34)cc2)CC1. The van der Waals surface area contributed by atoms with Crippen LogP contribution in [0.25, 0.3) is 10.9 Å². The Labute approximate surface area is 209 Å². The fourth-order valence-electron chi connectivity index (χ4n) is 4.30. The number of carbonyl (C=O) groups excluding carboxylic acids is 1. The van der Waals surface area contributed by atoms with Gasteiger partial charge in [0.1, 0.15) is 10.6 Å². The maximum atomic E-state index is 13.1. The summed E-state index contributed by atoms with van der Waals surface area (Å²) in [5, 5.41) is 0.739. The molecule has 4 aromatic rings. The molecule has 0 spiro atoms. The van der Waals surface area contributed by atoms with Crippen LogP contribution in [0.2, 0.25) is 0 Å². The van der Waals surface area contributed by atoms with Crippen molar-refractivity contribution in [1.82, 2.24) is 14.9 Å². The number of methoxy groups -OCH3 is 1. The van der Waals surface area contributed by atoms with Crippen LogP contribution in [0.3, 0.4) is 0 Å². The monoisotopic (exact) mass is 503 g/mol. The summed E-state index contributed by atoms with van der Waals surface area (Å²) >= 11 is 0. The van der Waals surface area contributed by atoms with Gasteiger partial charge < -0.3 is 14.5 Å². The number of fused-ring (bicyclic) bond motifs is 1. The van der Waals surface area contributed by atoms with E-state index < -0.39 is 10.0 Å². The zero-order valence-electron chi connectivity index (χ0n) is 19.7. The summed E-state index contributed by atoms with van der Waals surface area (Å²) in [5.74, 6) is 0.655. The Bertz CT molecular complexity index is 1500. The predicted molar refractivity (Wildman–Crippen MR) is 138 cm³/mol. The standard InChI is InChI=1S/C26H25N5O4S/c1-35-23-11-13-27-18-22(23)30-14-16-31(17-15-30)26(32)20-7-9-21(10-8-20)29-36(33,34)24-6-2-4-19-5-3-12-28-25(19)24/h2-13,18,29H,14-17H2,1H3. The number of nitrogens with zero attached hydrogens (tertiary/aromatic N) is 4. The number of benzene rings is 2. The fourth-order valence-corrected chi connectivity index (χ4v) is 5.54. The Morgan fingerprint density at radius 3 is 2.44 bits per heavy atom. The smallest absolute Gasteiger partial charge is 0.264 e. The van der Waals surface area contributed by atoms with Crippen molar-refractivity contribution in [3.63, 3.8) is 0 Å². The van der Waals surface area contributed by atoms with Crippen LogP contribution in [0, 0.1) is 0 Å². The van der Waals surface area contributed by atoms with E-state index >= 15 is 0 Å². The molecule has 3 heterocycles. The van der Waals surface area contributed by atoms with Crippen molar-refractivity contribution >= 4 is 38.2 Å². The molecule has 2 aromatic carbocycles. The molecule has 1 aliphatic heterocycles.